The SMILES string of the molecule is CC(CCN1C(N(C)C)=NCC1C)c1ccccc1. The molecule has 0 bridgehead atoms. The van der Waals surface area contributed by atoms with E-state index in [-0.39, 0.29) is 0 Å². The van der Waals surface area contributed by atoms with E-state index in [0.717, 1.165) is 19.0 Å². The second-order valence-electron chi connectivity index (χ2n) is 5.68. The van der Waals surface area contributed by atoms with Gasteiger partial charge >= 0.3 is 0 Å². The number of aliphatic imine (C=N–C) groups is 1. The van der Waals surface area contributed by atoms with Crippen molar-refractivity contribution in [1.82, 2.24) is 9.80 Å². The Balaban J connectivity index is 1.93. The summed E-state index contributed by atoms with van der Waals surface area (Å²) in [7, 11) is 4.15. The predicted octanol–water partition coefficient (Wildman–Crippen LogP) is 2.80. The predicted molar refractivity (Wildman–Crippen MR) is 81.6 cm³/mol. The fourth-order valence-corrected chi connectivity index (χ4v) is 2.60. The minimum Gasteiger partial charge on any atom is -0.349 e. The summed E-state index contributed by atoms with van der Waals surface area (Å²) in [5.74, 6) is 1.73. The molecular formula is C16H25N3. The minimum atomic E-state index is 0.528. The van der Waals surface area contributed by atoms with Gasteiger partial charge in [-0.05, 0) is 24.8 Å². The Morgan fingerprint density at radius 1 is 1.32 bits per heavy atom. The standard InChI is InChI=1S/C16H25N3/c1-13(15-8-6-5-7-9-15)10-11-19-14(2)12-17-16(19)18(3)4/h5-9,13-14H,10-12H2,1-4H3. The summed E-state index contributed by atoms with van der Waals surface area (Å²) >= 11 is 0. The molecule has 0 saturated carbocycles. The van der Waals surface area contributed by atoms with Gasteiger partial charge in [0.25, 0.3) is 0 Å². The van der Waals surface area contributed by atoms with Crippen LogP contribution in [0.3, 0.4) is 0 Å². The zero-order valence-corrected chi connectivity index (χ0v) is 12.5. The number of nitrogens with zero attached hydrogens (tertiary/aromatic N) is 3. The third-order valence-corrected chi connectivity index (χ3v) is 3.86. The lowest BCUT2D eigenvalue weighted by molar-refractivity contribution is 0.318. The smallest absolute Gasteiger partial charge is 0.196 e. The van der Waals surface area contributed by atoms with E-state index in [1.807, 2.05) is 0 Å². The van der Waals surface area contributed by atoms with Crippen molar-refractivity contribution in [3.63, 3.8) is 0 Å². The number of guanidine groups is 1. The summed E-state index contributed by atoms with van der Waals surface area (Å²) in [6, 6.07) is 11.3. The molecule has 1 aliphatic heterocycles. The van der Waals surface area contributed by atoms with Crippen molar-refractivity contribution in [2.24, 2.45) is 4.99 Å². The zero-order valence-electron chi connectivity index (χ0n) is 12.5. The third-order valence-electron chi connectivity index (χ3n) is 3.86. The Kier molecular flexibility index (Phi) is 4.46. The third kappa shape index (κ3) is 3.28. The largest absolute Gasteiger partial charge is 0.349 e. The van der Waals surface area contributed by atoms with E-state index in [0.29, 0.717) is 12.0 Å². The molecule has 0 fully saturated rings. The molecule has 0 amide bonds. The number of hydrogen-bond donors (Lipinski definition) is 0. The molecule has 1 aromatic carbocycles. The maximum Gasteiger partial charge on any atom is 0.196 e. The van der Waals surface area contributed by atoms with Crippen LogP contribution in [0.1, 0.15) is 31.7 Å². The van der Waals surface area contributed by atoms with Gasteiger partial charge in [-0.2, -0.15) is 0 Å². The maximum absolute atomic E-state index is 4.62. The number of rotatable bonds is 4. The van der Waals surface area contributed by atoms with Crippen LogP contribution in [0.25, 0.3) is 0 Å². The van der Waals surface area contributed by atoms with Crippen molar-refractivity contribution < 1.29 is 0 Å². The molecule has 104 valence electrons. The molecule has 0 radical (unpaired) electrons. The molecule has 1 heterocycles. The average Bonchev–Trinajstić information content (AvgIpc) is 2.78. The number of benzene rings is 1. The van der Waals surface area contributed by atoms with Gasteiger partial charge in [-0.1, -0.05) is 37.3 Å². The number of hydrogen-bond acceptors (Lipinski definition) is 3. The van der Waals surface area contributed by atoms with Crippen LogP contribution in [0.4, 0.5) is 0 Å². The van der Waals surface area contributed by atoms with Crippen molar-refractivity contribution in [3.8, 4) is 0 Å². The fourth-order valence-electron chi connectivity index (χ4n) is 2.60. The van der Waals surface area contributed by atoms with Crippen LogP contribution >= 0.6 is 0 Å². The molecule has 2 atom stereocenters. The van der Waals surface area contributed by atoms with Crippen LogP contribution in [-0.2, 0) is 0 Å². The normalized spacial score (nSPS) is 20.3. The molecule has 2 unspecified atom stereocenters. The summed E-state index contributed by atoms with van der Waals surface area (Å²) in [6.07, 6.45) is 1.17. The lowest BCUT2D eigenvalue weighted by Crippen LogP contribution is -2.42. The molecule has 19 heavy (non-hydrogen) atoms. The summed E-state index contributed by atoms with van der Waals surface area (Å²) in [4.78, 5) is 9.17. The van der Waals surface area contributed by atoms with E-state index >= 15 is 0 Å². The summed E-state index contributed by atoms with van der Waals surface area (Å²) in [6.45, 7) is 6.57. The van der Waals surface area contributed by atoms with Crippen molar-refractivity contribution in [1.29, 1.82) is 0 Å². The van der Waals surface area contributed by atoms with E-state index in [4.69, 9.17) is 0 Å². The first-order valence-electron chi connectivity index (χ1n) is 7.13. The molecule has 0 saturated heterocycles. The molecule has 0 aliphatic carbocycles. The van der Waals surface area contributed by atoms with Gasteiger partial charge in [0.15, 0.2) is 5.96 Å². The highest BCUT2D eigenvalue weighted by atomic mass is 15.4. The van der Waals surface area contributed by atoms with Gasteiger partial charge in [0.1, 0.15) is 0 Å². The Morgan fingerprint density at radius 3 is 2.63 bits per heavy atom. The first-order valence-corrected chi connectivity index (χ1v) is 7.13. The van der Waals surface area contributed by atoms with Crippen molar-refractivity contribution >= 4 is 5.96 Å². The quantitative estimate of drug-likeness (QED) is 0.828. The first-order chi connectivity index (χ1) is 9.09. The van der Waals surface area contributed by atoms with Crippen LogP contribution in [0.15, 0.2) is 35.3 Å². The molecular weight excluding hydrogens is 234 g/mol. The maximum atomic E-state index is 4.62. The second kappa shape index (κ2) is 6.09. The van der Waals surface area contributed by atoms with Gasteiger partial charge in [0, 0.05) is 26.7 Å². The molecule has 3 heteroatoms. The Hall–Kier alpha value is -1.51. The lowest BCUT2D eigenvalue weighted by Gasteiger charge is -2.30. The van der Waals surface area contributed by atoms with Gasteiger partial charge in [-0.15, -0.1) is 0 Å². The minimum absolute atomic E-state index is 0.528. The van der Waals surface area contributed by atoms with Crippen molar-refractivity contribution in [2.45, 2.75) is 32.2 Å². The topological polar surface area (TPSA) is 18.8 Å². The van der Waals surface area contributed by atoms with E-state index in [1.54, 1.807) is 0 Å². The Labute approximate surface area is 116 Å². The molecule has 3 nitrogen and oxygen atoms in total. The molecule has 1 aliphatic rings. The Morgan fingerprint density at radius 2 is 2.00 bits per heavy atom. The van der Waals surface area contributed by atoms with Gasteiger partial charge < -0.3 is 9.80 Å². The Bertz CT molecular complexity index is 425. The van der Waals surface area contributed by atoms with Gasteiger partial charge in [-0.25, -0.2) is 0 Å². The van der Waals surface area contributed by atoms with E-state index in [1.165, 1.54) is 12.0 Å². The summed E-state index contributed by atoms with van der Waals surface area (Å²) in [5, 5.41) is 0. The van der Waals surface area contributed by atoms with E-state index < -0.39 is 0 Å². The van der Waals surface area contributed by atoms with Crippen molar-refractivity contribution in [3.05, 3.63) is 35.9 Å². The summed E-state index contributed by atoms with van der Waals surface area (Å²) in [5.41, 5.74) is 1.43. The van der Waals surface area contributed by atoms with E-state index in [2.05, 4.69) is 73.1 Å². The van der Waals surface area contributed by atoms with Gasteiger partial charge in [0.05, 0.1) is 6.54 Å². The highest BCUT2D eigenvalue weighted by Gasteiger charge is 2.25. The van der Waals surface area contributed by atoms with Crippen molar-refractivity contribution in [2.75, 3.05) is 27.2 Å². The van der Waals surface area contributed by atoms with Crippen LogP contribution in [0.5, 0.6) is 0 Å². The molecule has 0 spiro atoms. The highest BCUT2D eigenvalue weighted by Crippen LogP contribution is 2.21. The van der Waals surface area contributed by atoms with Crippen LogP contribution in [0, 0.1) is 0 Å². The fraction of sp³-hybridized carbons (Fsp3) is 0.562. The van der Waals surface area contributed by atoms with Gasteiger partial charge in [0.2, 0.25) is 0 Å². The van der Waals surface area contributed by atoms with Crippen LogP contribution in [0.2, 0.25) is 0 Å². The molecule has 1 aromatic rings. The zero-order chi connectivity index (χ0) is 13.8. The molecule has 0 N–H and O–H groups in total. The highest BCUT2D eigenvalue weighted by molar-refractivity contribution is 5.81. The van der Waals surface area contributed by atoms with Gasteiger partial charge in [-0.3, -0.25) is 4.99 Å². The monoisotopic (exact) mass is 259 g/mol. The first kappa shape index (κ1) is 13.9. The van der Waals surface area contributed by atoms with E-state index in [9.17, 15) is 0 Å². The summed E-state index contributed by atoms with van der Waals surface area (Å²) < 4.78 is 0. The second-order valence-corrected chi connectivity index (χ2v) is 5.68. The lowest BCUT2D eigenvalue weighted by atomic mass is 9.97. The average molecular weight is 259 g/mol. The van der Waals surface area contributed by atoms with Crippen LogP contribution < -0.4 is 0 Å². The molecule has 0 aromatic heterocycles. The molecule has 2 rings (SSSR count). The van der Waals surface area contributed by atoms with Crippen LogP contribution in [-0.4, -0.2) is 49.0 Å².